The predicted molar refractivity (Wildman–Crippen MR) is 55.5 cm³/mol. The standard InChI is InChI=1S/C8H16N4OS/c1-7(2)3-5-13-6-4-12-8(14)9-10-11-12/h7H,3-6H2,1-2H3,(H,9,11,14). The Morgan fingerprint density at radius 1 is 1.50 bits per heavy atom. The second kappa shape index (κ2) is 5.87. The Morgan fingerprint density at radius 2 is 2.29 bits per heavy atom. The van der Waals surface area contributed by atoms with Crippen LogP contribution in [0.3, 0.4) is 0 Å². The van der Waals surface area contributed by atoms with Gasteiger partial charge in [0, 0.05) is 6.61 Å². The van der Waals surface area contributed by atoms with E-state index in [1.54, 1.807) is 4.68 Å². The van der Waals surface area contributed by atoms with Crippen molar-refractivity contribution in [1.82, 2.24) is 20.2 Å². The predicted octanol–water partition coefficient (Wildman–Crippen LogP) is 1.40. The van der Waals surface area contributed by atoms with Gasteiger partial charge in [-0.3, -0.25) is 0 Å². The fraction of sp³-hybridized carbons (Fsp3) is 0.875. The minimum absolute atomic E-state index is 0.470. The van der Waals surface area contributed by atoms with Crippen molar-refractivity contribution in [2.75, 3.05) is 13.2 Å². The molecule has 0 unspecified atom stereocenters. The third kappa shape index (κ3) is 3.97. The van der Waals surface area contributed by atoms with E-state index in [9.17, 15) is 0 Å². The lowest BCUT2D eigenvalue weighted by molar-refractivity contribution is 0.113. The molecule has 0 saturated heterocycles. The fourth-order valence-corrected chi connectivity index (χ4v) is 1.11. The molecule has 0 aliphatic rings. The number of nitrogens with zero attached hydrogens (tertiary/aromatic N) is 3. The zero-order valence-electron chi connectivity index (χ0n) is 8.56. The van der Waals surface area contributed by atoms with Crippen molar-refractivity contribution >= 4 is 12.2 Å². The minimum atomic E-state index is 0.470. The molecule has 0 fully saturated rings. The largest absolute Gasteiger partial charge is 0.380 e. The Bertz CT molecular complexity index is 306. The summed E-state index contributed by atoms with van der Waals surface area (Å²) in [6.45, 7) is 6.48. The van der Waals surface area contributed by atoms with Crippen molar-refractivity contribution in [3.8, 4) is 0 Å². The van der Waals surface area contributed by atoms with Crippen LogP contribution in [-0.2, 0) is 11.3 Å². The number of rotatable bonds is 6. The van der Waals surface area contributed by atoms with Crippen LogP contribution in [0.25, 0.3) is 0 Å². The molecule has 0 aliphatic carbocycles. The number of tetrazole rings is 1. The molecular formula is C8H16N4OS. The first-order valence-corrected chi connectivity index (χ1v) is 5.16. The van der Waals surface area contributed by atoms with Gasteiger partial charge in [0.25, 0.3) is 0 Å². The Labute approximate surface area is 88.4 Å². The Kier molecular flexibility index (Phi) is 4.75. The molecule has 0 radical (unpaired) electrons. The summed E-state index contributed by atoms with van der Waals surface area (Å²) in [7, 11) is 0. The van der Waals surface area contributed by atoms with Gasteiger partial charge in [-0.1, -0.05) is 24.2 Å². The first-order chi connectivity index (χ1) is 6.70. The first-order valence-electron chi connectivity index (χ1n) is 4.76. The lowest BCUT2D eigenvalue weighted by Gasteiger charge is -2.05. The molecule has 0 spiro atoms. The summed E-state index contributed by atoms with van der Waals surface area (Å²) in [5.41, 5.74) is 0. The summed E-state index contributed by atoms with van der Waals surface area (Å²) in [5, 5.41) is 9.91. The van der Waals surface area contributed by atoms with Crippen molar-refractivity contribution in [2.24, 2.45) is 5.92 Å². The average molecular weight is 216 g/mol. The second-order valence-electron chi connectivity index (χ2n) is 3.53. The summed E-state index contributed by atoms with van der Waals surface area (Å²) in [6, 6.07) is 0. The van der Waals surface area contributed by atoms with E-state index in [0.29, 0.717) is 23.8 Å². The molecular weight excluding hydrogens is 200 g/mol. The normalized spacial score (nSPS) is 11.1. The van der Waals surface area contributed by atoms with E-state index in [2.05, 4.69) is 29.4 Å². The molecule has 0 amide bonds. The van der Waals surface area contributed by atoms with Gasteiger partial charge >= 0.3 is 0 Å². The highest BCUT2D eigenvalue weighted by Gasteiger charge is 1.96. The van der Waals surface area contributed by atoms with Crippen molar-refractivity contribution in [3.05, 3.63) is 4.77 Å². The Balaban J connectivity index is 2.11. The fourth-order valence-electron chi connectivity index (χ4n) is 0.938. The molecule has 1 aromatic heterocycles. The molecule has 1 heterocycles. The molecule has 80 valence electrons. The van der Waals surface area contributed by atoms with Crippen molar-refractivity contribution in [2.45, 2.75) is 26.8 Å². The highest BCUT2D eigenvalue weighted by molar-refractivity contribution is 7.71. The van der Waals surface area contributed by atoms with Gasteiger partial charge in [-0.15, -0.1) is 0 Å². The quantitative estimate of drug-likeness (QED) is 0.577. The van der Waals surface area contributed by atoms with Crippen LogP contribution in [0.2, 0.25) is 0 Å². The van der Waals surface area contributed by atoms with Gasteiger partial charge < -0.3 is 4.74 Å². The van der Waals surface area contributed by atoms with Crippen LogP contribution in [0.5, 0.6) is 0 Å². The molecule has 0 atom stereocenters. The van der Waals surface area contributed by atoms with Crippen LogP contribution in [0, 0.1) is 10.7 Å². The SMILES string of the molecule is CC(C)CCOCCn1[nH]nnc1=S. The van der Waals surface area contributed by atoms with Crippen molar-refractivity contribution in [1.29, 1.82) is 0 Å². The van der Waals surface area contributed by atoms with E-state index >= 15 is 0 Å². The van der Waals surface area contributed by atoms with E-state index in [0.717, 1.165) is 13.0 Å². The molecule has 0 bridgehead atoms. The molecule has 1 N–H and O–H groups in total. The second-order valence-corrected chi connectivity index (χ2v) is 3.89. The van der Waals surface area contributed by atoms with Gasteiger partial charge in [-0.05, 0) is 24.6 Å². The third-order valence-electron chi connectivity index (χ3n) is 1.83. The van der Waals surface area contributed by atoms with Gasteiger partial charge in [0.1, 0.15) is 0 Å². The van der Waals surface area contributed by atoms with E-state index < -0.39 is 0 Å². The van der Waals surface area contributed by atoms with Crippen LogP contribution in [0.1, 0.15) is 20.3 Å². The molecule has 6 heteroatoms. The lowest BCUT2D eigenvalue weighted by Crippen LogP contribution is -2.09. The highest BCUT2D eigenvalue weighted by atomic mass is 32.1. The topological polar surface area (TPSA) is 55.7 Å². The summed E-state index contributed by atoms with van der Waals surface area (Å²) >= 11 is 4.91. The zero-order valence-corrected chi connectivity index (χ0v) is 9.38. The first kappa shape index (κ1) is 11.3. The van der Waals surface area contributed by atoms with Crippen LogP contribution in [-0.4, -0.2) is 33.4 Å². The van der Waals surface area contributed by atoms with Crippen LogP contribution >= 0.6 is 12.2 Å². The number of nitrogens with one attached hydrogen (secondary N) is 1. The number of hydrogen-bond donors (Lipinski definition) is 1. The van der Waals surface area contributed by atoms with Crippen LogP contribution in [0.15, 0.2) is 0 Å². The maximum absolute atomic E-state index is 5.43. The third-order valence-corrected chi connectivity index (χ3v) is 2.13. The van der Waals surface area contributed by atoms with E-state index in [1.807, 2.05) is 0 Å². The average Bonchev–Trinajstić information content (AvgIpc) is 2.51. The van der Waals surface area contributed by atoms with Gasteiger partial charge in [0.05, 0.1) is 13.2 Å². The maximum atomic E-state index is 5.43. The monoisotopic (exact) mass is 216 g/mol. The highest BCUT2D eigenvalue weighted by Crippen LogP contribution is 1.98. The van der Waals surface area contributed by atoms with Gasteiger partial charge in [-0.25, -0.2) is 4.68 Å². The van der Waals surface area contributed by atoms with Crippen molar-refractivity contribution in [3.63, 3.8) is 0 Å². The lowest BCUT2D eigenvalue weighted by atomic mass is 10.1. The van der Waals surface area contributed by atoms with E-state index in [-0.39, 0.29) is 0 Å². The summed E-state index contributed by atoms with van der Waals surface area (Å²) in [6.07, 6.45) is 1.09. The maximum Gasteiger partial charge on any atom is 0.238 e. The number of hydrogen-bond acceptors (Lipinski definition) is 4. The number of ether oxygens (including phenoxy) is 1. The van der Waals surface area contributed by atoms with Crippen LogP contribution < -0.4 is 0 Å². The van der Waals surface area contributed by atoms with E-state index in [4.69, 9.17) is 17.0 Å². The molecule has 0 aromatic carbocycles. The Morgan fingerprint density at radius 3 is 2.86 bits per heavy atom. The molecule has 0 saturated carbocycles. The minimum Gasteiger partial charge on any atom is -0.380 e. The number of H-pyrrole nitrogens is 1. The zero-order chi connectivity index (χ0) is 10.4. The van der Waals surface area contributed by atoms with E-state index in [1.165, 1.54) is 0 Å². The number of aromatic nitrogens is 4. The molecule has 1 aromatic rings. The molecule has 0 aliphatic heterocycles. The molecule has 5 nitrogen and oxygen atoms in total. The van der Waals surface area contributed by atoms with Gasteiger partial charge in [-0.2, -0.15) is 5.21 Å². The molecule has 1 rings (SSSR count). The van der Waals surface area contributed by atoms with Crippen LogP contribution in [0.4, 0.5) is 0 Å². The summed E-state index contributed by atoms with van der Waals surface area (Å²) in [4.78, 5) is 0. The number of aromatic amines is 1. The summed E-state index contributed by atoms with van der Waals surface area (Å²) < 4.78 is 7.59. The smallest absolute Gasteiger partial charge is 0.238 e. The van der Waals surface area contributed by atoms with Gasteiger partial charge in [0.2, 0.25) is 4.77 Å². The molecule has 14 heavy (non-hydrogen) atoms. The Hall–Kier alpha value is -0.750. The van der Waals surface area contributed by atoms with Gasteiger partial charge in [0.15, 0.2) is 0 Å². The summed E-state index contributed by atoms with van der Waals surface area (Å²) in [5.74, 6) is 0.686. The van der Waals surface area contributed by atoms with Crippen molar-refractivity contribution < 1.29 is 4.74 Å².